The van der Waals surface area contributed by atoms with Gasteiger partial charge in [-0.25, -0.2) is 4.98 Å². The smallest absolute Gasteiger partial charge is 0.220 e. The Labute approximate surface area is 168 Å². The highest BCUT2D eigenvalue weighted by Gasteiger charge is 2.22. The number of nitrogens with one attached hydrogen (secondary N) is 1. The molecule has 29 heavy (non-hydrogen) atoms. The van der Waals surface area contributed by atoms with Crippen molar-refractivity contribution in [2.45, 2.75) is 25.4 Å². The molecule has 1 atom stereocenters. The van der Waals surface area contributed by atoms with E-state index in [2.05, 4.69) is 15.4 Å². The molecule has 0 unspecified atom stereocenters. The fourth-order valence-electron chi connectivity index (χ4n) is 3.54. The van der Waals surface area contributed by atoms with Crippen LogP contribution in [0.25, 0.3) is 10.8 Å². The molecule has 4 aromatic rings. The summed E-state index contributed by atoms with van der Waals surface area (Å²) < 4.78 is 1.71. The van der Waals surface area contributed by atoms with Crippen LogP contribution < -0.4 is 5.32 Å². The first-order valence-corrected chi connectivity index (χ1v) is 9.60. The number of amides is 1. The SMILES string of the molecule is O=C(CCCn1cncn1)N[C@H](c1ccccc1)c1c(O)ccc2ccccc12. The Balaban J connectivity index is 1.61. The maximum Gasteiger partial charge on any atom is 0.220 e. The quantitative estimate of drug-likeness (QED) is 0.506. The molecule has 146 valence electrons. The van der Waals surface area contributed by atoms with Crippen LogP contribution in [0.15, 0.2) is 79.4 Å². The van der Waals surface area contributed by atoms with Crippen molar-refractivity contribution >= 4 is 16.7 Å². The molecule has 1 heterocycles. The van der Waals surface area contributed by atoms with Gasteiger partial charge in [0, 0.05) is 18.5 Å². The van der Waals surface area contributed by atoms with E-state index >= 15 is 0 Å². The largest absolute Gasteiger partial charge is 0.508 e. The second-order valence-corrected chi connectivity index (χ2v) is 6.89. The zero-order valence-electron chi connectivity index (χ0n) is 15.9. The van der Waals surface area contributed by atoms with Crippen molar-refractivity contribution < 1.29 is 9.90 Å². The first-order chi connectivity index (χ1) is 14.2. The van der Waals surface area contributed by atoms with Gasteiger partial charge in [-0.1, -0.05) is 60.7 Å². The predicted octanol–water partition coefficient (Wildman–Crippen LogP) is 3.82. The number of phenols is 1. The van der Waals surface area contributed by atoms with E-state index in [4.69, 9.17) is 0 Å². The topological polar surface area (TPSA) is 80.0 Å². The lowest BCUT2D eigenvalue weighted by atomic mass is 9.92. The number of aryl methyl sites for hydroxylation is 1. The first-order valence-electron chi connectivity index (χ1n) is 9.60. The third-order valence-corrected chi connectivity index (χ3v) is 4.93. The van der Waals surface area contributed by atoms with Crippen LogP contribution in [-0.2, 0) is 11.3 Å². The highest BCUT2D eigenvalue weighted by molar-refractivity contribution is 5.89. The Morgan fingerprint density at radius 1 is 1.03 bits per heavy atom. The van der Waals surface area contributed by atoms with Gasteiger partial charge in [0.05, 0.1) is 6.04 Å². The van der Waals surface area contributed by atoms with Crippen LogP contribution in [0.3, 0.4) is 0 Å². The number of benzene rings is 3. The van der Waals surface area contributed by atoms with Crippen molar-refractivity contribution in [2.24, 2.45) is 0 Å². The van der Waals surface area contributed by atoms with Gasteiger partial charge in [-0.15, -0.1) is 0 Å². The number of hydrogen-bond donors (Lipinski definition) is 2. The molecule has 6 nitrogen and oxygen atoms in total. The summed E-state index contributed by atoms with van der Waals surface area (Å²) in [6.45, 7) is 0.628. The molecule has 0 bridgehead atoms. The summed E-state index contributed by atoms with van der Waals surface area (Å²) in [7, 11) is 0. The number of carbonyl (C=O) groups is 1. The molecule has 0 saturated heterocycles. The minimum atomic E-state index is -0.443. The van der Waals surface area contributed by atoms with Crippen molar-refractivity contribution in [3.8, 4) is 5.75 Å². The molecule has 0 radical (unpaired) electrons. The Kier molecular flexibility index (Phi) is 5.52. The van der Waals surface area contributed by atoms with Crippen LogP contribution in [0.5, 0.6) is 5.75 Å². The van der Waals surface area contributed by atoms with Crippen molar-refractivity contribution in [3.05, 3.63) is 90.5 Å². The van der Waals surface area contributed by atoms with Gasteiger partial charge in [-0.3, -0.25) is 9.48 Å². The van der Waals surface area contributed by atoms with E-state index in [1.54, 1.807) is 17.1 Å². The number of aromatic hydroxyl groups is 1. The summed E-state index contributed by atoms with van der Waals surface area (Å²) in [4.78, 5) is 16.6. The van der Waals surface area contributed by atoms with Gasteiger partial charge in [0.2, 0.25) is 5.91 Å². The summed E-state index contributed by atoms with van der Waals surface area (Å²) in [6.07, 6.45) is 4.13. The Bertz CT molecular complexity index is 1090. The molecule has 6 heteroatoms. The van der Waals surface area contributed by atoms with E-state index in [1.807, 2.05) is 60.7 Å². The minimum absolute atomic E-state index is 0.0775. The highest BCUT2D eigenvalue weighted by atomic mass is 16.3. The van der Waals surface area contributed by atoms with E-state index in [0.29, 0.717) is 24.9 Å². The van der Waals surface area contributed by atoms with Crippen LogP contribution in [0.1, 0.15) is 30.0 Å². The molecule has 3 aromatic carbocycles. The molecule has 0 fully saturated rings. The van der Waals surface area contributed by atoms with Gasteiger partial charge in [0.15, 0.2) is 0 Å². The van der Waals surface area contributed by atoms with Crippen LogP contribution in [0.4, 0.5) is 0 Å². The molecule has 1 aromatic heterocycles. The molecule has 0 aliphatic carbocycles. The van der Waals surface area contributed by atoms with Gasteiger partial charge in [0.25, 0.3) is 0 Å². The maximum absolute atomic E-state index is 12.7. The van der Waals surface area contributed by atoms with Crippen LogP contribution >= 0.6 is 0 Å². The molecule has 1 amide bonds. The number of rotatable bonds is 7. The number of fused-ring (bicyclic) bond motifs is 1. The second-order valence-electron chi connectivity index (χ2n) is 6.89. The Morgan fingerprint density at radius 2 is 1.83 bits per heavy atom. The first kappa shape index (κ1) is 18.7. The standard InChI is InChI=1S/C23H22N4O2/c28-20-13-12-17-7-4-5-10-19(17)22(20)23(18-8-2-1-3-9-18)26-21(29)11-6-14-27-16-24-15-25-27/h1-5,7-10,12-13,15-16,23,28H,6,11,14H2,(H,26,29)/t23-/m1/s1. The van der Waals surface area contributed by atoms with E-state index in [0.717, 1.165) is 16.3 Å². The van der Waals surface area contributed by atoms with Gasteiger partial charge < -0.3 is 10.4 Å². The summed E-state index contributed by atoms with van der Waals surface area (Å²) in [6, 6.07) is 20.7. The summed E-state index contributed by atoms with van der Waals surface area (Å²) in [5.41, 5.74) is 1.63. The second kappa shape index (κ2) is 8.56. The average molecular weight is 386 g/mol. The fourth-order valence-corrected chi connectivity index (χ4v) is 3.54. The van der Waals surface area contributed by atoms with Crippen molar-refractivity contribution in [2.75, 3.05) is 0 Å². The third-order valence-electron chi connectivity index (χ3n) is 4.93. The van der Waals surface area contributed by atoms with Gasteiger partial charge >= 0.3 is 0 Å². The van der Waals surface area contributed by atoms with E-state index in [9.17, 15) is 9.90 Å². The van der Waals surface area contributed by atoms with Crippen molar-refractivity contribution in [3.63, 3.8) is 0 Å². The normalized spacial score (nSPS) is 12.0. The highest BCUT2D eigenvalue weighted by Crippen LogP contribution is 2.35. The molecule has 0 saturated carbocycles. The molecule has 2 N–H and O–H groups in total. The number of hydrogen-bond acceptors (Lipinski definition) is 4. The molecule has 0 aliphatic rings. The van der Waals surface area contributed by atoms with E-state index in [1.165, 1.54) is 6.33 Å². The predicted molar refractivity (Wildman–Crippen MR) is 111 cm³/mol. The average Bonchev–Trinajstić information content (AvgIpc) is 3.27. The minimum Gasteiger partial charge on any atom is -0.508 e. The van der Waals surface area contributed by atoms with Crippen LogP contribution in [-0.4, -0.2) is 25.8 Å². The fraction of sp³-hybridized carbons (Fsp3) is 0.174. The van der Waals surface area contributed by atoms with Gasteiger partial charge in [-0.2, -0.15) is 5.10 Å². The Hall–Kier alpha value is -3.67. The number of nitrogens with zero attached hydrogens (tertiary/aromatic N) is 3. The van der Waals surface area contributed by atoms with Gasteiger partial charge in [-0.05, 0) is 28.8 Å². The number of aromatic nitrogens is 3. The van der Waals surface area contributed by atoms with Crippen LogP contribution in [0.2, 0.25) is 0 Å². The van der Waals surface area contributed by atoms with E-state index < -0.39 is 6.04 Å². The lowest BCUT2D eigenvalue weighted by molar-refractivity contribution is -0.121. The Morgan fingerprint density at radius 3 is 2.62 bits per heavy atom. The molecule has 4 rings (SSSR count). The van der Waals surface area contributed by atoms with E-state index in [-0.39, 0.29) is 11.7 Å². The lowest BCUT2D eigenvalue weighted by Crippen LogP contribution is -2.29. The molecular formula is C23H22N4O2. The monoisotopic (exact) mass is 386 g/mol. The number of phenolic OH excluding ortho intramolecular Hbond substituents is 1. The zero-order chi connectivity index (χ0) is 20.1. The summed E-state index contributed by atoms with van der Waals surface area (Å²) in [5.74, 6) is 0.0896. The summed E-state index contributed by atoms with van der Waals surface area (Å²) >= 11 is 0. The molecule has 0 spiro atoms. The lowest BCUT2D eigenvalue weighted by Gasteiger charge is -2.22. The van der Waals surface area contributed by atoms with Crippen molar-refractivity contribution in [1.82, 2.24) is 20.1 Å². The number of carbonyl (C=O) groups excluding carboxylic acids is 1. The third kappa shape index (κ3) is 4.27. The van der Waals surface area contributed by atoms with Gasteiger partial charge in [0.1, 0.15) is 18.4 Å². The zero-order valence-corrected chi connectivity index (χ0v) is 15.9. The molecule has 0 aliphatic heterocycles. The maximum atomic E-state index is 12.7. The van der Waals surface area contributed by atoms with Crippen molar-refractivity contribution in [1.29, 1.82) is 0 Å². The summed E-state index contributed by atoms with van der Waals surface area (Å²) in [5, 5.41) is 19.8. The van der Waals surface area contributed by atoms with Crippen LogP contribution in [0, 0.1) is 0 Å². The molecular weight excluding hydrogens is 364 g/mol.